The molecule has 1 aliphatic heterocycles. The zero-order chi connectivity index (χ0) is 22.1. The lowest BCUT2D eigenvalue weighted by Crippen LogP contribution is -2.52. The van der Waals surface area contributed by atoms with E-state index in [1.165, 1.54) is 0 Å². The molecular weight excluding hydrogens is 394 g/mol. The number of hydrogen-bond acceptors (Lipinski definition) is 6. The molecule has 164 valence electrons. The van der Waals surface area contributed by atoms with Crippen LogP contribution in [-0.4, -0.2) is 58.6 Å². The minimum Gasteiger partial charge on any atom is -0.458 e. The van der Waals surface area contributed by atoms with E-state index in [1.807, 2.05) is 0 Å². The maximum absolute atomic E-state index is 12.4. The first-order valence-corrected chi connectivity index (χ1v) is 15.8. The number of esters is 1. The van der Waals surface area contributed by atoms with Crippen LogP contribution < -0.4 is 0 Å². The van der Waals surface area contributed by atoms with Gasteiger partial charge in [0.2, 0.25) is 0 Å². The van der Waals surface area contributed by atoms with Crippen molar-refractivity contribution in [3.05, 3.63) is 5.21 Å². The van der Waals surface area contributed by atoms with Gasteiger partial charge < -0.3 is 18.4 Å². The van der Waals surface area contributed by atoms with Gasteiger partial charge in [0.05, 0.1) is 18.1 Å². The molecule has 0 amide bonds. The minimum absolute atomic E-state index is 0.0201. The van der Waals surface area contributed by atoms with Gasteiger partial charge in [-0.1, -0.05) is 41.5 Å². The SMILES string of the molecule is CCOC(=O)C1=[N+]([O-])O[C@@H](CO[Si](C)(C)C(C)(C)C)[C@@H]1O[Si](C)(C)C(C)(C)C. The van der Waals surface area contributed by atoms with Gasteiger partial charge in [-0.05, 0) is 43.2 Å². The summed E-state index contributed by atoms with van der Waals surface area (Å²) in [5.74, 6) is -0.698. The smallest absolute Gasteiger partial charge is 0.408 e. The molecule has 0 radical (unpaired) electrons. The molecule has 0 N–H and O–H groups in total. The highest BCUT2D eigenvalue weighted by Crippen LogP contribution is 2.40. The highest BCUT2D eigenvalue weighted by Gasteiger charge is 2.52. The van der Waals surface area contributed by atoms with E-state index in [0.717, 1.165) is 0 Å². The van der Waals surface area contributed by atoms with Gasteiger partial charge in [0, 0.05) is 0 Å². The van der Waals surface area contributed by atoms with E-state index in [9.17, 15) is 10.0 Å². The Kier molecular flexibility index (Phi) is 7.59. The predicted octanol–water partition coefficient (Wildman–Crippen LogP) is 4.23. The maximum Gasteiger partial charge on any atom is 0.408 e. The van der Waals surface area contributed by atoms with Crippen LogP contribution in [0.3, 0.4) is 0 Å². The summed E-state index contributed by atoms with van der Waals surface area (Å²) in [6, 6.07) is 0. The Morgan fingerprint density at radius 3 is 2.00 bits per heavy atom. The van der Waals surface area contributed by atoms with E-state index in [2.05, 4.69) is 67.7 Å². The molecule has 0 saturated heterocycles. The van der Waals surface area contributed by atoms with Crippen molar-refractivity contribution < 1.29 is 28.1 Å². The van der Waals surface area contributed by atoms with E-state index < -0.39 is 34.8 Å². The number of ether oxygens (including phenoxy) is 1. The van der Waals surface area contributed by atoms with Crippen LogP contribution in [0.25, 0.3) is 0 Å². The van der Waals surface area contributed by atoms with Crippen LogP contribution in [0.5, 0.6) is 0 Å². The largest absolute Gasteiger partial charge is 0.458 e. The number of carbonyl (C=O) groups excluding carboxylic acids is 1. The van der Waals surface area contributed by atoms with E-state index in [4.69, 9.17) is 18.4 Å². The summed E-state index contributed by atoms with van der Waals surface area (Å²) >= 11 is 0. The van der Waals surface area contributed by atoms with Crippen LogP contribution in [0.4, 0.5) is 0 Å². The lowest BCUT2D eigenvalue weighted by molar-refractivity contribution is -0.740. The molecule has 0 saturated carbocycles. The molecule has 0 fully saturated rings. The average molecular weight is 434 g/mol. The van der Waals surface area contributed by atoms with E-state index in [-0.39, 0.29) is 33.9 Å². The molecule has 1 rings (SSSR count). The minimum atomic E-state index is -2.28. The van der Waals surface area contributed by atoms with Gasteiger partial charge in [-0.25, -0.2) is 4.79 Å². The van der Waals surface area contributed by atoms with Gasteiger partial charge in [-0.3, -0.25) is 5.21 Å². The zero-order valence-electron chi connectivity index (χ0n) is 19.5. The van der Waals surface area contributed by atoms with Gasteiger partial charge in [0.1, 0.15) is 6.10 Å². The molecule has 0 aromatic carbocycles. The Morgan fingerprint density at radius 1 is 1.07 bits per heavy atom. The molecule has 0 bridgehead atoms. The highest BCUT2D eigenvalue weighted by molar-refractivity contribution is 6.74. The highest BCUT2D eigenvalue weighted by atomic mass is 28.4. The van der Waals surface area contributed by atoms with Crippen LogP contribution >= 0.6 is 0 Å². The molecule has 2 atom stereocenters. The summed E-state index contributed by atoms with van der Waals surface area (Å²) in [7, 11) is -4.34. The number of rotatable bonds is 7. The average Bonchev–Trinajstić information content (AvgIpc) is 2.78. The molecule has 0 spiro atoms. The van der Waals surface area contributed by atoms with Crippen LogP contribution in [0, 0.1) is 5.21 Å². The van der Waals surface area contributed by atoms with Crippen molar-refractivity contribution >= 4 is 28.3 Å². The summed E-state index contributed by atoms with van der Waals surface area (Å²) in [4.78, 5) is 18.1. The van der Waals surface area contributed by atoms with Crippen LogP contribution in [0.15, 0.2) is 0 Å². The first-order chi connectivity index (χ1) is 12.4. The van der Waals surface area contributed by atoms with Crippen LogP contribution in [-0.2, 0) is 23.2 Å². The summed E-state index contributed by atoms with van der Waals surface area (Å²) in [5, 5.41) is 12.3. The van der Waals surface area contributed by atoms with Crippen molar-refractivity contribution in [2.45, 2.75) is 96.9 Å². The molecule has 28 heavy (non-hydrogen) atoms. The van der Waals surface area contributed by atoms with Gasteiger partial charge in [-0.2, -0.15) is 0 Å². The van der Waals surface area contributed by atoms with Crippen molar-refractivity contribution in [1.82, 2.24) is 0 Å². The molecule has 0 aromatic heterocycles. The Hall–Kier alpha value is -0.906. The van der Waals surface area contributed by atoms with E-state index in [0.29, 0.717) is 0 Å². The van der Waals surface area contributed by atoms with Crippen molar-refractivity contribution in [3.63, 3.8) is 0 Å². The molecular formula is C19H39NO6Si2. The molecule has 0 unspecified atom stereocenters. The number of nitrogens with zero attached hydrogens (tertiary/aromatic N) is 1. The Bertz CT molecular complexity index is 605. The fourth-order valence-corrected chi connectivity index (χ4v) is 4.43. The third-order valence-corrected chi connectivity index (χ3v) is 15.1. The fraction of sp³-hybridized carbons (Fsp3) is 0.895. The van der Waals surface area contributed by atoms with Gasteiger partial charge in [-0.15, -0.1) is 0 Å². The van der Waals surface area contributed by atoms with Crippen LogP contribution in [0.2, 0.25) is 36.3 Å². The summed E-state index contributed by atoms with van der Waals surface area (Å²) in [6.07, 6.45) is -1.48. The van der Waals surface area contributed by atoms with Crippen molar-refractivity contribution in [2.24, 2.45) is 0 Å². The quantitative estimate of drug-likeness (QED) is 0.340. The molecule has 0 aliphatic carbocycles. The second-order valence-corrected chi connectivity index (χ2v) is 19.9. The Labute approximate surface area is 172 Å². The lowest BCUT2D eigenvalue weighted by Gasteiger charge is -2.40. The Balaban J connectivity index is 3.15. The van der Waals surface area contributed by atoms with Crippen molar-refractivity contribution in [1.29, 1.82) is 0 Å². The van der Waals surface area contributed by atoms with Gasteiger partial charge in [0.25, 0.3) is 0 Å². The molecule has 9 heteroatoms. The zero-order valence-corrected chi connectivity index (χ0v) is 21.5. The topological polar surface area (TPSA) is 80.1 Å². The van der Waals surface area contributed by atoms with Crippen molar-refractivity contribution in [2.75, 3.05) is 13.2 Å². The normalized spacial score (nSPS) is 21.7. The predicted molar refractivity (Wildman–Crippen MR) is 115 cm³/mol. The molecule has 7 nitrogen and oxygen atoms in total. The van der Waals surface area contributed by atoms with Gasteiger partial charge >= 0.3 is 11.7 Å². The fourth-order valence-electron chi connectivity index (χ4n) is 2.16. The van der Waals surface area contributed by atoms with Crippen molar-refractivity contribution in [3.8, 4) is 0 Å². The summed E-state index contributed by atoms with van der Waals surface area (Å²) < 4.78 is 17.8. The molecule has 0 aromatic rings. The summed E-state index contributed by atoms with van der Waals surface area (Å²) in [6.45, 7) is 23.3. The third-order valence-electron chi connectivity index (χ3n) is 6.16. The monoisotopic (exact) mass is 433 g/mol. The molecule has 1 heterocycles. The first-order valence-electron chi connectivity index (χ1n) is 9.94. The second-order valence-electron chi connectivity index (χ2n) is 10.4. The summed E-state index contributed by atoms with van der Waals surface area (Å²) in [5.41, 5.74) is -0.129. The number of hydrogen-bond donors (Lipinski definition) is 0. The van der Waals surface area contributed by atoms with E-state index >= 15 is 0 Å². The van der Waals surface area contributed by atoms with E-state index in [1.54, 1.807) is 6.92 Å². The van der Waals surface area contributed by atoms with Crippen LogP contribution in [0.1, 0.15) is 48.5 Å². The Morgan fingerprint density at radius 2 is 1.57 bits per heavy atom. The first kappa shape index (κ1) is 25.1. The standard InChI is InChI=1S/C19H39NO6Si2/c1-12-23-17(21)15-16(26-28(10,11)19(5,6)7)14(25-20(15)22)13-24-27(8,9)18(2,3)4/h14,16H,12-13H2,1-11H3/t14-,16-/m0/s1. The number of carbonyl (C=O) groups is 1. The van der Waals surface area contributed by atoms with Gasteiger partial charge in [0.15, 0.2) is 22.7 Å². The lowest BCUT2D eigenvalue weighted by atomic mass is 10.1. The molecule has 1 aliphatic rings. The second kappa shape index (κ2) is 8.45. The third kappa shape index (κ3) is 5.58. The maximum atomic E-state index is 12.4.